The molecule has 3 aliphatic heterocycles. The third-order valence-electron chi connectivity index (χ3n) is 7.63. The van der Waals surface area contributed by atoms with Crippen LogP contribution in [0.2, 0.25) is 0 Å². The smallest absolute Gasteiger partial charge is 0.251 e. The van der Waals surface area contributed by atoms with Crippen LogP contribution >= 0.6 is 0 Å². The van der Waals surface area contributed by atoms with Gasteiger partial charge in [-0.2, -0.15) is 0 Å². The van der Waals surface area contributed by atoms with Crippen molar-refractivity contribution in [2.75, 3.05) is 32.8 Å². The van der Waals surface area contributed by atoms with Gasteiger partial charge in [0.25, 0.3) is 5.91 Å². The van der Waals surface area contributed by atoms with Crippen molar-refractivity contribution < 1.29 is 24.2 Å². The number of piperidine rings is 1. The van der Waals surface area contributed by atoms with Crippen molar-refractivity contribution in [2.45, 2.75) is 83.6 Å². The summed E-state index contributed by atoms with van der Waals surface area (Å²) in [5, 5.41) is 13.2. The molecule has 3 aliphatic rings. The van der Waals surface area contributed by atoms with E-state index < -0.39 is 24.3 Å². The predicted molar refractivity (Wildman–Crippen MR) is 137 cm³/mol. The molecule has 2 amide bonds. The van der Waals surface area contributed by atoms with Gasteiger partial charge in [-0.05, 0) is 74.3 Å². The van der Waals surface area contributed by atoms with E-state index in [0.717, 1.165) is 32.5 Å². The Bertz CT molecular complexity index is 949. The maximum absolute atomic E-state index is 13.5. The number of fused-ring (bicyclic) bond motifs is 1. The minimum absolute atomic E-state index is 0.0300. The van der Waals surface area contributed by atoms with Crippen LogP contribution in [0.3, 0.4) is 0 Å². The second-order valence-electron chi connectivity index (χ2n) is 11.8. The zero-order valence-corrected chi connectivity index (χ0v) is 22.0. The Morgan fingerprint density at radius 3 is 2.44 bits per heavy atom. The minimum Gasteiger partial charge on any atom is -0.388 e. The number of aliphatic hydroxyl groups excluding tert-OH is 1. The number of ketones is 1. The van der Waals surface area contributed by atoms with Gasteiger partial charge < -0.3 is 25.0 Å². The first-order valence-corrected chi connectivity index (χ1v) is 13.3. The first-order valence-electron chi connectivity index (χ1n) is 13.3. The number of rotatable bonds is 7. The molecule has 0 saturated carbocycles. The van der Waals surface area contributed by atoms with Crippen molar-refractivity contribution in [2.24, 2.45) is 5.41 Å². The lowest BCUT2D eigenvalue weighted by molar-refractivity contribution is -0.138. The van der Waals surface area contributed by atoms with Crippen molar-refractivity contribution in [3.05, 3.63) is 35.4 Å². The number of ether oxygens (including phenoxy) is 1. The van der Waals surface area contributed by atoms with Crippen molar-refractivity contribution in [3.8, 4) is 0 Å². The maximum atomic E-state index is 13.5. The molecule has 36 heavy (non-hydrogen) atoms. The number of nitrogens with zero attached hydrogens (tertiary/aromatic N) is 2. The summed E-state index contributed by atoms with van der Waals surface area (Å²) in [6.45, 7) is 11.5. The molecular weight excluding hydrogens is 458 g/mol. The summed E-state index contributed by atoms with van der Waals surface area (Å²) in [5.41, 5.74) is 1.52. The van der Waals surface area contributed by atoms with Crippen LogP contribution in [0.4, 0.5) is 0 Å². The Morgan fingerprint density at radius 2 is 1.83 bits per heavy atom. The topological polar surface area (TPSA) is 99.2 Å². The van der Waals surface area contributed by atoms with Crippen molar-refractivity contribution in [3.63, 3.8) is 0 Å². The Morgan fingerprint density at radius 1 is 1.17 bits per heavy atom. The standard InChI is InChI=1S/C28H41N3O5/c1-5-12-30-13-10-19(11-14-30)18-6-8-20(9-7-18)26(34)29-21(15-28(2,3)4)27(35)31-16-22(32)25-24(31)23(33)17-36-25/h6-9,19,21-22,24-25,32H,5,10-17H2,1-4H3,(H,29,34)/t21-,22-,24+,25+/m0/s1. The van der Waals surface area contributed by atoms with Gasteiger partial charge in [-0.3, -0.25) is 14.4 Å². The van der Waals surface area contributed by atoms with Crippen molar-refractivity contribution in [1.82, 2.24) is 15.1 Å². The fourth-order valence-corrected chi connectivity index (χ4v) is 5.82. The highest BCUT2D eigenvalue weighted by Gasteiger charge is 2.53. The Kier molecular flexibility index (Phi) is 8.17. The van der Waals surface area contributed by atoms with E-state index in [1.807, 2.05) is 45.0 Å². The molecule has 0 aliphatic carbocycles. The Balaban J connectivity index is 1.43. The van der Waals surface area contributed by atoms with E-state index in [0.29, 0.717) is 17.9 Å². The van der Waals surface area contributed by atoms with Gasteiger partial charge in [0.1, 0.15) is 30.9 Å². The molecule has 1 aromatic rings. The van der Waals surface area contributed by atoms with Gasteiger partial charge in [0.2, 0.25) is 5.91 Å². The minimum atomic E-state index is -0.905. The molecular formula is C28H41N3O5. The lowest BCUT2D eigenvalue weighted by Gasteiger charge is -2.32. The van der Waals surface area contributed by atoms with E-state index in [4.69, 9.17) is 4.74 Å². The number of likely N-dealkylation sites (tertiary alicyclic amines) is 2. The monoisotopic (exact) mass is 499 g/mol. The summed E-state index contributed by atoms with van der Waals surface area (Å²) in [6.07, 6.45) is 2.24. The summed E-state index contributed by atoms with van der Waals surface area (Å²) < 4.78 is 5.41. The highest BCUT2D eigenvalue weighted by molar-refractivity contribution is 5.99. The highest BCUT2D eigenvalue weighted by atomic mass is 16.5. The third kappa shape index (κ3) is 5.98. The molecule has 8 heteroatoms. The summed E-state index contributed by atoms with van der Waals surface area (Å²) >= 11 is 0. The fourth-order valence-electron chi connectivity index (χ4n) is 5.82. The molecule has 1 aromatic carbocycles. The van der Waals surface area contributed by atoms with E-state index >= 15 is 0 Å². The number of Topliss-reactive ketones (excluding diaryl/α,β-unsaturated/α-hetero) is 1. The van der Waals surface area contributed by atoms with Crippen LogP contribution in [-0.2, 0) is 14.3 Å². The molecule has 2 N–H and O–H groups in total. The van der Waals surface area contributed by atoms with Crippen LogP contribution in [0.5, 0.6) is 0 Å². The Labute approximate surface area is 214 Å². The zero-order valence-electron chi connectivity index (χ0n) is 22.0. The quantitative estimate of drug-likeness (QED) is 0.598. The first-order chi connectivity index (χ1) is 17.1. The second kappa shape index (κ2) is 11.0. The molecule has 0 radical (unpaired) electrons. The summed E-state index contributed by atoms with van der Waals surface area (Å²) in [4.78, 5) is 43.0. The van der Waals surface area contributed by atoms with Crippen LogP contribution in [0.25, 0.3) is 0 Å². The molecule has 3 saturated heterocycles. The summed E-state index contributed by atoms with van der Waals surface area (Å²) in [7, 11) is 0. The summed E-state index contributed by atoms with van der Waals surface area (Å²) in [6, 6.07) is 6.16. The average Bonchev–Trinajstić information content (AvgIpc) is 3.38. The van der Waals surface area contributed by atoms with Crippen LogP contribution in [0.1, 0.15) is 75.2 Å². The molecule has 3 fully saturated rings. The van der Waals surface area contributed by atoms with E-state index in [9.17, 15) is 19.5 Å². The zero-order chi connectivity index (χ0) is 26.0. The molecule has 4 atom stereocenters. The molecule has 3 heterocycles. The van der Waals surface area contributed by atoms with Crippen LogP contribution in [0.15, 0.2) is 24.3 Å². The van der Waals surface area contributed by atoms with Crippen LogP contribution < -0.4 is 5.32 Å². The number of aliphatic hydroxyl groups is 1. The van der Waals surface area contributed by atoms with Gasteiger partial charge in [-0.25, -0.2) is 0 Å². The van der Waals surface area contributed by atoms with Gasteiger partial charge >= 0.3 is 0 Å². The third-order valence-corrected chi connectivity index (χ3v) is 7.63. The molecule has 0 unspecified atom stereocenters. The number of carbonyl (C=O) groups is 3. The van der Waals surface area contributed by atoms with Crippen LogP contribution in [-0.4, -0.2) is 89.6 Å². The van der Waals surface area contributed by atoms with E-state index in [2.05, 4.69) is 17.1 Å². The Hall–Kier alpha value is -2.29. The van der Waals surface area contributed by atoms with E-state index in [1.165, 1.54) is 16.9 Å². The van der Waals surface area contributed by atoms with Crippen molar-refractivity contribution >= 4 is 17.6 Å². The lowest BCUT2D eigenvalue weighted by Crippen LogP contribution is -2.53. The van der Waals surface area contributed by atoms with Crippen molar-refractivity contribution in [1.29, 1.82) is 0 Å². The van der Waals surface area contributed by atoms with E-state index in [1.54, 1.807) is 0 Å². The number of hydrogen-bond donors (Lipinski definition) is 2. The predicted octanol–water partition coefficient (Wildman–Crippen LogP) is 2.35. The van der Waals surface area contributed by atoms with Gasteiger partial charge in [0, 0.05) is 5.56 Å². The van der Waals surface area contributed by atoms with Gasteiger partial charge in [0.15, 0.2) is 5.78 Å². The average molecular weight is 500 g/mol. The molecule has 8 nitrogen and oxygen atoms in total. The maximum Gasteiger partial charge on any atom is 0.251 e. The van der Waals surface area contributed by atoms with E-state index in [-0.39, 0.29) is 36.2 Å². The summed E-state index contributed by atoms with van der Waals surface area (Å²) in [5.74, 6) is -0.362. The molecule has 4 rings (SSSR count). The number of amides is 2. The largest absolute Gasteiger partial charge is 0.388 e. The second-order valence-corrected chi connectivity index (χ2v) is 11.8. The number of β-amino-alcohol motifs (C(OH)–C–C–N with tert-alkyl or cyclic N) is 1. The SMILES string of the molecule is CCCN1CCC(c2ccc(C(=O)N[C@@H](CC(C)(C)C)C(=O)N3C[C@H](O)[C@H]4OCC(=O)[C@H]43)cc2)CC1. The molecule has 0 aromatic heterocycles. The molecule has 198 valence electrons. The fraction of sp³-hybridized carbons (Fsp3) is 0.679. The number of carbonyl (C=O) groups excluding carboxylic acids is 3. The van der Waals surface area contributed by atoms with Crippen LogP contribution in [0, 0.1) is 5.41 Å². The highest BCUT2D eigenvalue weighted by Crippen LogP contribution is 2.31. The molecule has 0 spiro atoms. The number of benzene rings is 1. The first kappa shape index (κ1) is 26.8. The normalized spacial score (nSPS) is 26.2. The number of hydrogen-bond acceptors (Lipinski definition) is 6. The van der Waals surface area contributed by atoms with Gasteiger partial charge in [-0.1, -0.05) is 39.8 Å². The lowest BCUT2D eigenvalue weighted by atomic mass is 9.87. The number of nitrogens with one attached hydrogen (secondary N) is 1. The van der Waals surface area contributed by atoms with Gasteiger partial charge in [-0.15, -0.1) is 0 Å². The van der Waals surface area contributed by atoms with Gasteiger partial charge in [0.05, 0.1) is 6.54 Å². The molecule has 0 bridgehead atoms.